The van der Waals surface area contributed by atoms with Crippen molar-refractivity contribution in [3.8, 4) is 0 Å². The maximum atomic E-state index is 4.44. The highest BCUT2D eigenvalue weighted by Gasteiger charge is 2.03. The van der Waals surface area contributed by atoms with Gasteiger partial charge >= 0.3 is 0 Å². The van der Waals surface area contributed by atoms with Gasteiger partial charge in [-0.15, -0.1) is 0 Å². The van der Waals surface area contributed by atoms with Gasteiger partial charge in [0.25, 0.3) is 0 Å². The van der Waals surface area contributed by atoms with Crippen molar-refractivity contribution < 1.29 is 0 Å². The topological polar surface area (TPSA) is 49.8 Å². The fraction of sp³-hybridized carbons (Fsp3) is 0.333. The van der Waals surface area contributed by atoms with Crippen molar-refractivity contribution in [2.45, 2.75) is 18.6 Å². The maximum Gasteiger partial charge on any atom is 0.191 e. The third-order valence-corrected chi connectivity index (χ3v) is 3.58. The monoisotopic (exact) mass is 280 g/mol. The molecule has 0 aliphatic rings. The maximum absolute atomic E-state index is 4.44. The van der Waals surface area contributed by atoms with Gasteiger partial charge in [-0.2, -0.15) is 11.3 Å². The molecular weight excluding hydrogens is 264 g/mol. The van der Waals surface area contributed by atoms with Gasteiger partial charge in [0.2, 0.25) is 0 Å². The van der Waals surface area contributed by atoms with E-state index >= 15 is 0 Å². The summed E-state index contributed by atoms with van der Waals surface area (Å²) in [7, 11) is 0. The molecule has 6 heteroatoms. The summed E-state index contributed by atoms with van der Waals surface area (Å²) in [5, 5.41) is 11.5. The number of nitrogens with zero attached hydrogens (tertiary/aromatic N) is 2. The quantitative estimate of drug-likeness (QED) is 0.628. The molecule has 18 heavy (non-hydrogen) atoms. The molecule has 2 rings (SSSR count). The first-order valence-electron chi connectivity index (χ1n) is 5.73. The Kier molecular flexibility index (Phi) is 4.83. The fourth-order valence-electron chi connectivity index (χ4n) is 1.46. The molecule has 2 aromatic rings. The highest BCUT2D eigenvalue weighted by molar-refractivity contribution is 7.98. The summed E-state index contributed by atoms with van der Waals surface area (Å²) in [5.74, 6) is 1.72. The van der Waals surface area contributed by atoms with Gasteiger partial charge in [-0.05, 0) is 35.6 Å². The zero-order chi connectivity index (χ0) is 12.8. The van der Waals surface area contributed by atoms with E-state index in [1.54, 1.807) is 23.1 Å². The van der Waals surface area contributed by atoms with Crippen LogP contribution in [0.1, 0.15) is 12.5 Å². The number of hydrogen-bond acceptors (Lipinski definition) is 6. The molecule has 0 amide bonds. The minimum Gasteiger partial charge on any atom is -0.370 e. The SMILES string of the molecule is CCNc1cc(NCc2ccsc2)nc(SC)n1. The first kappa shape index (κ1) is 13.2. The molecule has 0 fully saturated rings. The molecule has 4 nitrogen and oxygen atoms in total. The summed E-state index contributed by atoms with van der Waals surface area (Å²) in [4.78, 5) is 8.83. The smallest absolute Gasteiger partial charge is 0.191 e. The average molecular weight is 280 g/mol. The molecule has 0 saturated carbocycles. The minimum absolute atomic E-state index is 0.779. The standard InChI is InChI=1S/C12H16N4S2/c1-3-13-10-6-11(16-12(15-10)17-2)14-7-9-4-5-18-8-9/h4-6,8H,3,7H2,1-2H3,(H2,13,14,15,16). The first-order chi connectivity index (χ1) is 8.81. The van der Waals surface area contributed by atoms with Crippen molar-refractivity contribution in [3.05, 3.63) is 28.5 Å². The second-order valence-corrected chi connectivity index (χ2v) is 5.19. The summed E-state index contributed by atoms with van der Waals surface area (Å²) in [6, 6.07) is 4.05. The Hall–Kier alpha value is -1.27. The Morgan fingerprint density at radius 1 is 1.28 bits per heavy atom. The molecule has 2 N–H and O–H groups in total. The van der Waals surface area contributed by atoms with E-state index in [1.807, 2.05) is 12.3 Å². The number of hydrogen-bond donors (Lipinski definition) is 2. The number of thioether (sulfide) groups is 1. The van der Waals surface area contributed by atoms with Crippen LogP contribution in [-0.4, -0.2) is 22.8 Å². The molecule has 2 aromatic heterocycles. The summed E-state index contributed by atoms with van der Waals surface area (Å²) in [6.07, 6.45) is 1.98. The lowest BCUT2D eigenvalue weighted by atomic mass is 10.3. The lowest BCUT2D eigenvalue weighted by molar-refractivity contribution is 0.951. The predicted octanol–water partition coefficient (Wildman–Crippen LogP) is 3.30. The normalized spacial score (nSPS) is 10.3. The largest absolute Gasteiger partial charge is 0.370 e. The van der Waals surface area contributed by atoms with Gasteiger partial charge in [-0.1, -0.05) is 11.8 Å². The average Bonchev–Trinajstić information content (AvgIpc) is 2.89. The van der Waals surface area contributed by atoms with E-state index in [0.29, 0.717) is 0 Å². The van der Waals surface area contributed by atoms with Gasteiger partial charge in [-0.3, -0.25) is 0 Å². The van der Waals surface area contributed by atoms with Crippen molar-refractivity contribution in [2.75, 3.05) is 23.4 Å². The van der Waals surface area contributed by atoms with Gasteiger partial charge in [0.15, 0.2) is 5.16 Å². The van der Waals surface area contributed by atoms with Gasteiger partial charge < -0.3 is 10.6 Å². The van der Waals surface area contributed by atoms with Crippen LogP contribution in [0, 0.1) is 0 Å². The molecule has 0 unspecified atom stereocenters. The van der Waals surface area contributed by atoms with E-state index in [0.717, 1.165) is 29.9 Å². The van der Waals surface area contributed by atoms with E-state index in [9.17, 15) is 0 Å². The van der Waals surface area contributed by atoms with Crippen LogP contribution in [0.15, 0.2) is 28.0 Å². The van der Waals surface area contributed by atoms with Crippen LogP contribution in [0.3, 0.4) is 0 Å². The number of thiophene rings is 1. The molecule has 0 saturated heterocycles. The van der Waals surface area contributed by atoms with Crippen molar-refractivity contribution in [1.82, 2.24) is 9.97 Å². The third kappa shape index (κ3) is 3.61. The lowest BCUT2D eigenvalue weighted by Gasteiger charge is -2.09. The van der Waals surface area contributed by atoms with Gasteiger partial charge in [-0.25, -0.2) is 9.97 Å². The van der Waals surface area contributed by atoms with Gasteiger partial charge in [0.05, 0.1) is 0 Å². The third-order valence-electron chi connectivity index (χ3n) is 2.30. The molecule has 0 aliphatic carbocycles. The molecule has 0 aliphatic heterocycles. The van der Waals surface area contributed by atoms with Crippen molar-refractivity contribution in [1.29, 1.82) is 0 Å². The zero-order valence-corrected chi connectivity index (χ0v) is 12.1. The molecule has 0 bridgehead atoms. The number of anilines is 2. The molecule has 0 aromatic carbocycles. The summed E-state index contributed by atoms with van der Waals surface area (Å²) in [6.45, 7) is 3.70. The fourth-order valence-corrected chi connectivity index (χ4v) is 2.51. The molecule has 0 spiro atoms. The minimum atomic E-state index is 0.779. The van der Waals surface area contributed by atoms with Crippen molar-refractivity contribution in [2.24, 2.45) is 0 Å². The Morgan fingerprint density at radius 2 is 2.06 bits per heavy atom. The number of nitrogens with one attached hydrogen (secondary N) is 2. The Bertz CT molecular complexity index is 485. The second-order valence-electron chi connectivity index (χ2n) is 3.64. The number of rotatable bonds is 6. The molecular formula is C12H16N4S2. The number of aromatic nitrogens is 2. The van der Waals surface area contributed by atoms with E-state index in [1.165, 1.54) is 5.56 Å². The Labute approximate surface area is 115 Å². The second kappa shape index (κ2) is 6.61. The molecule has 0 radical (unpaired) electrons. The Morgan fingerprint density at radius 3 is 2.67 bits per heavy atom. The van der Waals surface area contributed by atoms with Crippen LogP contribution < -0.4 is 10.6 Å². The molecule has 96 valence electrons. The molecule has 0 atom stereocenters. The van der Waals surface area contributed by atoms with Crippen LogP contribution in [0.4, 0.5) is 11.6 Å². The zero-order valence-electron chi connectivity index (χ0n) is 10.4. The van der Waals surface area contributed by atoms with Crippen LogP contribution >= 0.6 is 23.1 Å². The van der Waals surface area contributed by atoms with Gasteiger partial charge in [0, 0.05) is 19.2 Å². The van der Waals surface area contributed by atoms with Crippen molar-refractivity contribution >= 4 is 34.7 Å². The van der Waals surface area contributed by atoms with Gasteiger partial charge in [0.1, 0.15) is 11.6 Å². The molecule has 2 heterocycles. The highest BCUT2D eigenvalue weighted by atomic mass is 32.2. The van der Waals surface area contributed by atoms with Crippen LogP contribution in [0.2, 0.25) is 0 Å². The van der Waals surface area contributed by atoms with E-state index in [2.05, 4.69) is 44.4 Å². The van der Waals surface area contributed by atoms with E-state index in [-0.39, 0.29) is 0 Å². The summed E-state index contributed by atoms with van der Waals surface area (Å²) in [5.41, 5.74) is 1.27. The van der Waals surface area contributed by atoms with Crippen LogP contribution in [-0.2, 0) is 6.54 Å². The summed E-state index contributed by atoms with van der Waals surface area (Å²) < 4.78 is 0. The van der Waals surface area contributed by atoms with E-state index in [4.69, 9.17) is 0 Å². The van der Waals surface area contributed by atoms with Crippen LogP contribution in [0.25, 0.3) is 0 Å². The van der Waals surface area contributed by atoms with Crippen molar-refractivity contribution in [3.63, 3.8) is 0 Å². The Balaban J connectivity index is 2.08. The van der Waals surface area contributed by atoms with Crippen LogP contribution in [0.5, 0.6) is 0 Å². The highest BCUT2D eigenvalue weighted by Crippen LogP contribution is 2.18. The summed E-state index contributed by atoms with van der Waals surface area (Å²) >= 11 is 3.25. The lowest BCUT2D eigenvalue weighted by Crippen LogP contribution is -2.05. The predicted molar refractivity (Wildman–Crippen MR) is 79.6 cm³/mol. The first-order valence-corrected chi connectivity index (χ1v) is 7.90. The van der Waals surface area contributed by atoms with E-state index < -0.39 is 0 Å².